The van der Waals surface area contributed by atoms with Gasteiger partial charge >= 0.3 is 0 Å². The normalized spacial score (nSPS) is 26.7. The molecule has 2 atom stereocenters. The van der Waals surface area contributed by atoms with Gasteiger partial charge in [-0.2, -0.15) is 4.31 Å². The van der Waals surface area contributed by atoms with Crippen molar-refractivity contribution in [2.24, 2.45) is 0 Å². The monoisotopic (exact) mass is 391 g/mol. The zero-order valence-electron chi connectivity index (χ0n) is 14.2. The van der Waals surface area contributed by atoms with Gasteiger partial charge in [-0.1, -0.05) is 36.4 Å². The Morgan fingerprint density at radius 2 is 1.15 bits per heavy atom. The van der Waals surface area contributed by atoms with E-state index in [-0.39, 0.29) is 17.0 Å². The minimum Gasteiger partial charge on any atom is -0.223 e. The van der Waals surface area contributed by atoms with Crippen LogP contribution in [0.25, 0.3) is 0 Å². The van der Waals surface area contributed by atoms with Crippen LogP contribution < -0.4 is 0 Å². The van der Waals surface area contributed by atoms with Crippen molar-refractivity contribution in [1.29, 1.82) is 0 Å². The number of sulfonamides is 1. The lowest BCUT2D eigenvalue weighted by atomic mass is 10.1. The number of hydrogen-bond donors (Lipinski definition) is 0. The van der Waals surface area contributed by atoms with E-state index in [0.717, 1.165) is 12.8 Å². The van der Waals surface area contributed by atoms with Crippen LogP contribution in [0.1, 0.15) is 25.7 Å². The van der Waals surface area contributed by atoms with Gasteiger partial charge < -0.3 is 0 Å². The van der Waals surface area contributed by atoms with Crippen molar-refractivity contribution in [2.45, 2.75) is 52.8 Å². The third-order valence-electron chi connectivity index (χ3n) is 5.45. The quantitative estimate of drug-likeness (QED) is 0.803. The van der Waals surface area contributed by atoms with Gasteiger partial charge in [-0.15, -0.1) is 0 Å². The highest BCUT2D eigenvalue weighted by atomic mass is 32.2. The molecule has 2 aliphatic rings. The molecule has 5 nitrogen and oxygen atoms in total. The van der Waals surface area contributed by atoms with Gasteiger partial charge in [0.15, 0.2) is 9.84 Å². The van der Waals surface area contributed by atoms with Crippen LogP contribution in [0.5, 0.6) is 0 Å². The molecule has 0 N–H and O–H groups in total. The number of rotatable bonds is 4. The minimum atomic E-state index is -3.59. The fraction of sp³-hybridized carbons (Fsp3) is 0.368. The van der Waals surface area contributed by atoms with Gasteiger partial charge in [0.2, 0.25) is 10.0 Å². The van der Waals surface area contributed by atoms with E-state index in [1.54, 1.807) is 65.0 Å². The van der Waals surface area contributed by atoms with E-state index < -0.39 is 25.1 Å². The maximum Gasteiger partial charge on any atom is 0.243 e. The summed E-state index contributed by atoms with van der Waals surface area (Å²) in [4.78, 5) is 0.602. The fourth-order valence-electron chi connectivity index (χ4n) is 4.25. The van der Waals surface area contributed by atoms with Gasteiger partial charge in [0.1, 0.15) is 0 Å². The Morgan fingerprint density at radius 1 is 0.692 bits per heavy atom. The molecule has 0 radical (unpaired) electrons. The van der Waals surface area contributed by atoms with Crippen molar-refractivity contribution in [3.05, 3.63) is 60.7 Å². The van der Waals surface area contributed by atoms with Crippen LogP contribution >= 0.6 is 0 Å². The summed E-state index contributed by atoms with van der Waals surface area (Å²) in [6, 6.07) is 16.4. The summed E-state index contributed by atoms with van der Waals surface area (Å²) in [6.45, 7) is 0. The second-order valence-electron chi connectivity index (χ2n) is 6.98. The molecule has 2 unspecified atom stereocenters. The third-order valence-corrected chi connectivity index (χ3v) is 9.66. The highest BCUT2D eigenvalue weighted by Crippen LogP contribution is 2.42. The summed E-state index contributed by atoms with van der Waals surface area (Å²) in [5.74, 6) is 0. The molecule has 0 saturated carbocycles. The zero-order valence-corrected chi connectivity index (χ0v) is 15.9. The molecule has 2 fully saturated rings. The number of piperidine rings is 1. The van der Waals surface area contributed by atoms with E-state index in [0.29, 0.717) is 17.7 Å². The lowest BCUT2D eigenvalue weighted by Gasteiger charge is -2.37. The first-order valence-corrected chi connectivity index (χ1v) is 11.8. The summed E-state index contributed by atoms with van der Waals surface area (Å²) in [7, 11) is -7.04. The predicted molar refractivity (Wildman–Crippen MR) is 98.9 cm³/mol. The van der Waals surface area contributed by atoms with Crippen molar-refractivity contribution < 1.29 is 16.8 Å². The molecule has 2 aliphatic heterocycles. The molecule has 0 spiro atoms. The molecule has 2 heterocycles. The van der Waals surface area contributed by atoms with E-state index >= 15 is 0 Å². The first kappa shape index (κ1) is 17.7. The van der Waals surface area contributed by atoms with Gasteiger partial charge in [0, 0.05) is 12.1 Å². The Kier molecular flexibility index (Phi) is 4.41. The van der Waals surface area contributed by atoms with Crippen molar-refractivity contribution in [3.8, 4) is 0 Å². The van der Waals surface area contributed by atoms with Crippen molar-refractivity contribution >= 4 is 19.9 Å². The molecular weight excluding hydrogens is 370 g/mol. The van der Waals surface area contributed by atoms with Gasteiger partial charge in [0.05, 0.1) is 15.0 Å². The molecule has 2 aromatic rings. The maximum atomic E-state index is 13.1. The lowest BCUT2D eigenvalue weighted by molar-refractivity contribution is 0.249. The SMILES string of the molecule is O=S(=O)(c1ccccc1)C1CC2CCC(C1)N2S(=O)(=O)c1ccccc1. The predicted octanol–water partition coefficient (Wildman–Crippen LogP) is 2.84. The number of sulfone groups is 1. The van der Waals surface area contributed by atoms with Gasteiger partial charge in [-0.3, -0.25) is 0 Å². The lowest BCUT2D eigenvalue weighted by Crippen LogP contribution is -2.49. The summed E-state index contributed by atoms with van der Waals surface area (Å²) in [6.07, 6.45) is 2.16. The highest BCUT2D eigenvalue weighted by Gasteiger charge is 2.50. The summed E-state index contributed by atoms with van der Waals surface area (Å²) >= 11 is 0. The van der Waals surface area contributed by atoms with Gasteiger partial charge in [0.25, 0.3) is 0 Å². The molecule has 0 aliphatic carbocycles. The summed E-state index contributed by atoms with van der Waals surface area (Å²) in [5.41, 5.74) is 0. The zero-order chi connectivity index (χ0) is 18.4. The third kappa shape index (κ3) is 2.88. The molecule has 2 aromatic carbocycles. The number of fused-ring (bicyclic) bond motifs is 2. The Morgan fingerprint density at radius 3 is 1.65 bits per heavy atom. The highest BCUT2D eigenvalue weighted by molar-refractivity contribution is 7.92. The smallest absolute Gasteiger partial charge is 0.223 e. The van der Waals surface area contributed by atoms with Gasteiger partial charge in [-0.05, 0) is 49.9 Å². The number of nitrogens with zero attached hydrogens (tertiary/aromatic N) is 1. The van der Waals surface area contributed by atoms with Crippen LogP contribution in [0.2, 0.25) is 0 Å². The standard InChI is InChI=1S/C19H21NO4S2/c21-25(22,17-7-3-1-4-8-17)19-13-15-11-12-16(14-19)20(15)26(23,24)18-9-5-2-6-10-18/h1-10,15-16,19H,11-14H2. The summed E-state index contributed by atoms with van der Waals surface area (Å²) in [5, 5.41) is -0.523. The van der Waals surface area contributed by atoms with E-state index in [9.17, 15) is 16.8 Å². The van der Waals surface area contributed by atoms with Gasteiger partial charge in [-0.25, -0.2) is 16.8 Å². The Balaban J connectivity index is 1.63. The molecule has 0 aromatic heterocycles. The molecule has 2 bridgehead atoms. The largest absolute Gasteiger partial charge is 0.243 e. The Bertz CT molecular complexity index is 974. The second-order valence-corrected chi connectivity index (χ2v) is 11.1. The average molecular weight is 392 g/mol. The molecule has 7 heteroatoms. The topological polar surface area (TPSA) is 71.5 Å². The molecule has 4 rings (SSSR count). The van der Waals surface area contributed by atoms with E-state index in [2.05, 4.69) is 0 Å². The molecule has 2 saturated heterocycles. The van der Waals surface area contributed by atoms with Crippen LogP contribution in [0.15, 0.2) is 70.5 Å². The Labute approximate surface area is 154 Å². The second kappa shape index (κ2) is 6.48. The van der Waals surface area contributed by atoms with E-state index in [1.165, 1.54) is 0 Å². The van der Waals surface area contributed by atoms with Crippen molar-refractivity contribution in [2.75, 3.05) is 0 Å². The summed E-state index contributed by atoms with van der Waals surface area (Å²) < 4.78 is 53.6. The van der Waals surface area contributed by atoms with Crippen molar-refractivity contribution in [1.82, 2.24) is 4.31 Å². The van der Waals surface area contributed by atoms with Crippen molar-refractivity contribution in [3.63, 3.8) is 0 Å². The van der Waals surface area contributed by atoms with Crippen LogP contribution in [-0.2, 0) is 19.9 Å². The van der Waals surface area contributed by atoms with Crippen LogP contribution in [-0.4, -0.2) is 38.5 Å². The maximum absolute atomic E-state index is 13.1. The molecular formula is C19H21NO4S2. The number of hydrogen-bond acceptors (Lipinski definition) is 4. The average Bonchev–Trinajstić information content (AvgIpc) is 2.94. The first-order valence-electron chi connectivity index (χ1n) is 8.78. The van der Waals surface area contributed by atoms with E-state index in [4.69, 9.17) is 0 Å². The fourth-order valence-corrected chi connectivity index (χ4v) is 8.03. The minimum absolute atomic E-state index is 0.248. The van der Waals surface area contributed by atoms with Crippen LogP contribution in [0.3, 0.4) is 0 Å². The Hall–Kier alpha value is -1.70. The molecule has 138 valence electrons. The molecule has 26 heavy (non-hydrogen) atoms. The van der Waals surface area contributed by atoms with Crippen LogP contribution in [0, 0.1) is 0 Å². The molecule has 0 amide bonds. The number of benzene rings is 2. The van der Waals surface area contributed by atoms with E-state index in [1.807, 2.05) is 0 Å². The first-order chi connectivity index (χ1) is 12.4. The van der Waals surface area contributed by atoms with Crippen LogP contribution in [0.4, 0.5) is 0 Å².